The normalized spacial score (nSPS) is 33.5. The van der Waals surface area contributed by atoms with Crippen molar-refractivity contribution in [1.82, 2.24) is 0 Å². The number of ether oxygens (including phenoxy) is 1. The SMILES string of the molecule is O=C(O)/C=C/C(=O)O[C@H]1C[C@@H]2CC[C@H]1C2. The second-order valence-corrected chi connectivity index (χ2v) is 4.32. The van der Waals surface area contributed by atoms with Crippen molar-refractivity contribution < 1.29 is 19.4 Å². The van der Waals surface area contributed by atoms with Crippen molar-refractivity contribution in [3.05, 3.63) is 12.2 Å². The van der Waals surface area contributed by atoms with Crippen LogP contribution in [-0.4, -0.2) is 23.1 Å². The lowest BCUT2D eigenvalue weighted by molar-refractivity contribution is -0.145. The van der Waals surface area contributed by atoms with E-state index in [2.05, 4.69) is 0 Å². The standard InChI is InChI=1S/C11H14O4/c12-10(13)3-4-11(14)15-9-6-7-1-2-8(9)5-7/h3-4,7-9H,1-2,5-6H2,(H,12,13)/b4-3+/t7-,8+,9+/m1/s1. The molecule has 4 nitrogen and oxygen atoms in total. The molecule has 2 bridgehead atoms. The summed E-state index contributed by atoms with van der Waals surface area (Å²) in [5.74, 6) is -0.428. The van der Waals surface area contributed by atoms with Crippen LogP contribution < -0.4 is 0 Å². The Bertz CT molecular complexity index is 308. The second kappa shape index (κ2) is 4.04. The summed E-state index contributed by atoms with van der Waals surface area (Å²) in [5, 5.41) is 8.33. The molecule has 0 heterocycles. The minimum Gasteiger partial charge on any atom is -0.478 e. The zero-order valence-electron chi connectivity index (χ0n) is 8.39. The van der Waals surface area contributed by atoms with E-state index in [-0.39, 0.29) is 6.10 Å². The summed E-state index contributed by atoms with van der Waals surface area (Å²) in [6.07, 6.45) is 6.34. The van der Waals surface area contributed by atoms with E-state index in [1.54, 1.807) is 0 Å². The predicted molar refractivity (Wildman–Crippen MR) is 52.1 cm³/mol. The number of rotatable bonds is 3. The Morgan fingerprint density at radius 1 is 1.20 bits per heavy atom. The summed E-state index contributed by atoms with van der Waals surface area (Å²) in [6, 6.07) is 0. The van der Waals surface area contributed by atoms with E-state index in [9.17, 15) is 9.59 Å². The number of carbonyl (C=O) groups is 2. The number of esters is 1. The molecule has 2 fully saturated rings. The third-order valence-electron chi connectivity index (χ3n) is 3.30. The number of aliphatic carboxylic acids is 1. The Morgan fingerprint density at radius 3 is 2.53 bits per heavy atom. The molecule has 2 aliphatic carbocycles. The van der Waals surface area contributed by atoms with Crippen LogP contribution in [0.5, 0.6) is 0 Å². The van der Waals surface area contributed by atoms with Crippen LogP contribution in [0.3, 0.4) is 0 Å². The highest BCUT2D eigenvalue weighted by atomic mass is 16.5. The third kappa shape index (κ3) is 2.37. The minimum absolute atomic E-state index is 0.0229. The zero-order chi connectivity index (χ0) is 10.8. The van der Waals surface area contributed by atoms with Gasteiger partial charge in [-0.1, -0.05) is 0 Å². The summed E-state index contributed by atoms with van der Waals surface area (Å²) >= 11 is 0. The van der Waals surface area contributed by atoms with Crippen molar-refractivity contribution in [1.29, 1.82) is 0 Å². The molecule has 2 aliphatic rings. The second-order valence-electron chi connectivity index (χ2n) is 4.32. The van der Waals surface area contributed by atoms with Gasteiger partial charge in [-0.15, -0.1) is 0 Å². The van der Waals surface area contributed by atoms with Gasteiger partial charge in [-0.05, 0) is 37.5 Å². The van der Waals surface area contributed by atoms with Crippen molar-refractivity contribution in [2.75, 3.05) is 0 Å². The summed E-state index contributed by atoms with van der Waals surface area (Å²) in [4.78, 5) is 21.4. The molecule has 0 aromatic heterocycles. The van der Waals surface area contributed by atoms with E-state index in [0.717, 1.165) is 30.9 Å². The molecular formula is C11H14O4. The van der Waals surface area contributed by atoms with E-state index in [4.69, 9.17) is 9.84 Å². The molecule has 0 unspecified atom stereocenters. The molecule has 15 heavy (non-hydrogen) atoms. The van der Waals surface area contributed by atoms with E-state index >= 15 is 0 Å². The smallest absolute Gasteiger partial charge is 0.331 e. The van der Waals surface area contributed by atoms with Gasteiger partial charge in [-0.25, -0.2) is 9.59 Å². The van der Waals surface area contributed by atoms with E-state index in [1.807, 2.05) is 0 Å². The summed E-state index contributed by atoms with van der Waals surface area (Å²) < 4.78 is 5.21. The number of carboxylic acids is 1. The third-order valence-corrected chi connectivity index (χ3v) is 3.30. The van der Waals surface area contributed by atoms with Crippen molar-refractivity contribution in [3.8, 4) is 0 Å². The Labute approximate surface area is 87.9 Å². The highest BCUT2D eigenvalue weighted by Crippen LogP contribution is 2.45. The first kappa shape index (κ1) is 10.2. The number of carboxylic acid groups (broad SMARTS) is 1. The number of fused-ring (bicyclic) bond motifs is 2. The molecule has 2 saturated carbocycles. The highest BCUT2D eigenvalue weighted by Gasteiger charge is 2.41. The van der Waals surface area contributed by atoms with Gasteiger partial charge in [-0.3, -0.25) is 0 Å². The monoisotopic (exact) mass is 210 g/mol. The van der Waals surface area contributed by atoms with Crippen LogP contribution in [0.2, 0.25) is 0 Å². The Kier molecular flexibility index (Phi) is 2.75. The maximum absolute atomic E-state index is 11.2. The zero-order valence-corrected chi connectivity index (χ0v) is 8.39. The first-order valence-corrected chi connectivity index (χ1v) is 5.27. The van der Waals surface area contributed by atoms with Crippen LogP contribution in [0, 0.1) is 11.8 Å². The molecule has 0 radical (unpaired) electrons. The quantitative estimate of drug-likeness (QED) is 0.564. The van der Waals surface area contributed by atoms with E-state index < -0.39 is 11.9 Å². The molecule has 0 saturated heterocycles. The maximum Gasteiger partial charge on any atom is 0.331 e. The molecule has 0 aliphatic heterocycles. The first-order valence-electron chi connectivity index (χ1n) is 5.27. The van der Waals surface area contributed by atoms with Gasteiger partial charge in [0.05, 0.1) is 0 Å². The molecule has 2 rings (SSSR count). The predicted octanol–water partition coefficient (Wildman–Crippen LogP) is 1.36. The van der Waals surface area contributed by atoms with Gasteiger partial charge in [0.15, 0.2) is 0 Å². The molecule has 0 spiro atoms. The Morgan fingerprint density at radius 2 is 2.00 bits per heavy atom. The fraction of sp³-hybridized carbons (Fsp3) is 0.636. The van der Waals surface area contributed by atoms with Crippen LogP contribution in [0.1, 0.15) is 25.7 Å². The lowest BCUT2D eigenvalue weighted by Gasteiger charge is -2.20. The van der Waals surface area contributed by atoms with Crippen molar-refractivity contribution in [3.63, 3.8) is 0 Å². The van der Waals surface area contributed by atoms with Gasteiger partial charge in [0.2, 0.25) is 0 Å². The van der Waals surface area contributed by atoms with Gasteiger partial charge in [0.25, 0.3) is 0 Å². The first-order chi connectivity index (χ1) is 7.15. The molecule has 3 atom stereocenters. The van der Waals surface area contributed by atoms with Gasteiger partial charge in [-0.2, -0.15) is 0 Å². The maximum atomic E-state index is 11.2. The van der Waals surface area contributed by atoms with E-state index in [0.29, 0.717) is 5.92 Å². The van der Waals surface area contributed by atoms with Crippen LogP contribution in [0.15, 0.2) is 12.2 Å². The van der Waals surface area contributed by atoms with E-state index in [1.165, 1.54) is 12.8 Å². The van der Waals surface area contributed by atoms with Crippen LogP contribution in [0.4, 0.5) is 0 Å². The fourth-order valence-corrected chi connectivity index (χ4v) is 2.66. The molecular weight excluding hydrogens is 196 g/mol. The Balaban J connectivity index is 1.82. The summed E-state index contributed by atoms with van der Waals surface area (Å²) in [7, 11) is 0. The average molecular weight is 210 g/mol. The minimum atomic E-state index is -1.13. The Hall–Kier alpha value is -1.32. The number of hydrogen-bond acceptors (Lipinski definition) is 3. The van der Waals surface area contributed by atoms with Crippen molar-refractivity contribution in [2.45, 2.75) is 31.8 Å². The lowest BCUT2D eigenvalue weighted by atomic mass is 9.98. The average Bonchev–Trinajstić information content (AvgIpc) is 2.76. The topological polar surface area (TPSA) is 63.6 Å². The van der Waals surface area contributed by atoms with Crippen LogP contribution >= 0.6 is 0 Å². The summed E-state index contributed by atoms with van der Waals surface area (Å²) in [5.41, 5.74) is 0. The largest absolute Gasteiger partial charge is 0.478 e. The molecule has 0 amide bonds. The lowest BCUT2D eigenvalue weighted by Crippen LogP contribution is -2.23. The number of carbonyl (C=O) groups excluding carboxylic acids is 1. The van der Waals surface area contributed by atoms with Gasteiger partial charge in [0, 0.05) is 12.2 Å². The molecule has 0 aromatic rings. The van der Waals surface area contributed by atoms with Crippen LogP contribution in [0.25, 0.3) is 0 Å². The summed E-state index contributed by atoms with van der Waals surface area (Å²) in [6.45, 7) is 0. The molecule has 82 valence electrons. The number of hydrogen-bond donors (Lipinski definition) is 1. The fourth-order valence-electron chi connectivity index (χ4n) is 2.66. The van der Waals surface area contributed by atoms with Crippen LogP contribution in [-0.2, 0) is 14.3 Å². The molecule has 4 heteroatoms. The van der Waals surface area contributed by atoms with Crippen molar-refractivity contribution >= 4 is 11.9 Å². The highest BCUT2D eigenvalue weighted by molar-refractivity contribution is 5.90. The van der Waals surface area contributed by atoms with Gasteiger partial charge in [0.1, 0.15) is 6.10 Å². The molecule has 0 aromatic carbocycles. The molecule has 1 N–H and O–H groups in total. The van der Waals surface area contributed by atoms with Gasteiger partial charge < -0.3 is 9.84 Å². The van der Waals surface area contributed by atoms with Crippen molar-refractivity contribution in [2.24, 2.45) is 11.8 Å². The van der Waals surface area contributed by atoms with Gasteiger partial charge >= 0.3 is 11.9 Å².